The molecule has 0 unspecified atom stereocenters. The zero-order valence-corrected chi connectivity index (χ0v) is 9.60. The van der Waals surface area contributed by atoms with Crippen LogP contribution < -0.4 is 10.6 Å². The summed E-state index contributed by atoms with van der Waals surface area (Å²) in [5.74, 6) is 0. The largest absolute Gasteiger partial charge is 0.472 e. The van der Waals surface area contributed by atoms with E-state index < -0.39 is 0 Å². The third kappa shape index (κ3) is 2.37. The van der Waals surface area contributed by atoms with Gasteiger partial charge in [0.05, 0.1) is 12.5 Å². The molecular weight excluding hydrogens is 200 g/mol. The van der Waals surface area contributed by atoms with Gasteiger partial charge in [-0.15, -0.1) is 0 Å². The summed E-state index contributed by atoms with van der Waals surface area (Å²) >= 11 is 0. The quantitative estimate of drug-likeness (QED) is 0.802. The second kappa shape index (κ2) is 4.31. The molecule has 0 saturated heterocycles. The van der Waals surface area contributed by atoms with Crippen LogP contribution in [-0.4, -0.2) is 7.05 Å². The smallest absolute Gasteiger partial charge is 0.0952 e. The summed E-state index contributed by atoms with van der Waals surface area (Å²) in [5, 5.41) is 0. The highest BCUT2D eigenvalue weighted by Gasteiger charge is 2.04. The van der Waals surface area contributed by atoms with Crippen LogP contribution in [-0.2, 0) is 6.54 Å². The molecular formula is C13H16N2O. The number of rotatable bonds is 3. The van der Waals surface area contributed by atoms with E-state index in [1.54, 1.807) is 12.5 Å². The lowest BCUT2D eigenvalue weighted by atomic mass is 10.2. The van der Waals surface area contributed by atoms with Crippen molar-refractivity contribution in [1.29, 1.82) is 0 Å². The van der Waals surface area contributed by atoms with E-state index in [0.29, 0.717) is 0 Å². The van der Waals surface area contributed by atoms with E-state index in [0.717, 1.165) is 23.5 Å². The number of nitrogens with two attached hydrogens (primary N) is 1. The summed E-state index contributed by atoms with van der Waals surface area (Å²) in [6, 6.07) is 8.04. The van der Waals surface area contributed by atoms with E-state index in [1.165, 1.54) is 5.56 Å². The molecule has 0 aliphatic carbocycles. The van der Waals surface area contributed by atoms with Crippen molar-refractivity contribution in [3.05, 3.63) is 47.9 Å². The molecule has 2 aromatic rings. The van der Waals surface area contributed by atoms with Crippen molar-refractivity contribution in [3.8, 4) is 0 Å². The minimum Gasteiger partial charge on any atom is -0.472 e. The molecule has 0 aliphatic heterocycles. The van der Waals surface area contributed by atoms with Gasteiger partial charge in [0.25, 0.3) is 0 Å². The number of nitrogens with zero attached hydrogens (tertiary/aromatic N) is 1. The van der Waals surface area contributed by atoms with Gasteiger partial charge in [0.1, 0.15) is 0 Å². The highest BCUT2D eigenvalue weighted by atomic mass is 16.3. The van der Waals surface area contributed by atoms with Crippen LogP contribution in [0.4, 0.5) is 11.4 Å². The Labute approximate surface area is 95.5 Å². The van der Waals surface area contributed by atoms with Crippen LogP contribution in [0.5, 0.6) is 0 Å². The first-order chi connectivity index (χ1) is 7.65. The van der Waals surface area contributed by atoms with Crippen LogP contribution in [0.1, 0.15) is 11.1 Å². The predicted molar refractivity (Wildman–Crippen MR) is 66.4 cm³/mol. The molecule has 3 nitrogen and oxygen atoms in total. The van der Waals surface area contributed by atoms with E-state index in [2.05, 4.69) is 11.0 Å². The average molecular weight is 216 g/mol. The van der Waals surface area contributed by atoms with E-state index in [1.807, 2.05) is 32.2 Å². The molecule has 0 aliphatic rings. The summed E-state index contributed by atoms with van der Waals surface area (Å²) in [6.45, 7) is 2.87. The molecule has 0 radical (unpaired) electrons. The normalized spacial score (nSPS) is 10.4. The summed E-state index contributed by atoms with van der Waals surface area (Å²) in [5.41, 5.74) is 10.1. The van der Waals surface area contributed by atoms with Gasteiger partial charge in [0, 0.05) is 30.5 Å². The van der Waals surface area contributed by atoms with Crippen molar-refractivity contribution < 1.29 is 4.42 Å². The molecule has 0 bridgehead atoms. The van der Waals surface area contributed by atoms with Crippen LogP contribution in [0, 0.1) is 6.92 Å². The molecule has 0 atom stereocenters. The molecule has 0 fully saturated rings. The number of hydrogen-bond acceptors (Lipinski definition) is 3. The summed E-state index contributed by atoms with van der Waals surface area (Å²) in [7, 11) is 2.04. The molecule has 16 heavy (non-hydrogen) atoms. The maximum Gasteiger partial charge on any atom is 0.0952 e. The Morgan fingerprint density at radius 3 is 2.75 bits per heavy atom. The average Bonchev–Trinajstić information content (AvgIpc) is 2.68. The Morgan fingerprint density at radius 2 is 2.12 bits per heavy atom. The highest BCUT2D eigenvalue weighted by Crippen LogP contribution is 2.20. The molecule has 0 amide bonds. The van der Waals surface area contributed by atoms with Gasteiger partial charge >= 0.3 is 0 Å². The van der Waals surface area contributed by atoms with Gasteiger partial charge < -0.3 is 15.1 Å². The molecule has 1 aromatic heterocycles. The molecule has 0 saturated carbocycles. The lowest BCUT2D eigenvalue weighted by Crippen LogP contribution is -2.16. The van der Waals surface area contributed by atoms with Gasteiger partial charge in [0.2, 0.25) is 0 Å². The molecule has 3 heteroatoms. The fourth-order valence-corrected chi connectivity index (χ4v) is 1.76. The van der Waals surface area contributed by atoms with Crippen molar-refractivity contribution in [3.63, 3.8) is 0 Å². The minimum absolute atomic E-state index is 0.800. The number of anilines is 2. The van der Waals surface area contributed by atoms with Gasteiger partial charge in [-0.25, -0.2) is 0 Å². The monoisotopic (exact) mass is 216 g/mol. The minimum atomic E-state index is 0.800. The number of nitrogen functional groups attached to an aromatic ring is 1. The van der Waals surface area contributed by atoms with Crippen molar-refractivity contribution in [1.82, 2.24) is 0 Å². The first-order valence-corrected chi connectivity index (χ1v) is 5.24. The fraction of sp³-hybridized carbons (Fsp3) is 0.231. The van der Waals surface area contributed by atoms with E-state index in [-0.39, 0.29) is 0 Å². The SMILES string of the molecule is Cc1cc(N)cc(N(C)Cc2ccoc2)c1. The molecule has 84 valence electrons. The third-order valence-corrected chi connectivity index (χ3v) is 2.53. The summed E-state index contributed by atoms with van der Waals surface area (Å²) in [6.07, 6.45) is 3.45. The van der Waals surface area contributed by atoms with Crippen molar-refractivity contribution in [2.45, 2.75) is 13.5 Å². The lowest BCUT2D eigenvalue weighted by Gasteiger charge is -2.19. The molecule has 1 aromatic carbocycles. The predicted octanol–water partition coefficient (Wildman–Crippen LogP) is 2.81. The maximum atomic E-state index is 5.83. The number of furan rings is 1. The summed E-state index contributed by atoms with van der Waals surface area (Å²) < 4.78 is 5.05. The Bertz CT molecular complexity index is 443. The highest BCUT2D eigenvalue weighted by molar-refractivity contribution is 5.58. The fourth-order valence-electron chi connectivity index (χ4n) is 1.76. The molecule has 2 rings (SSSR count). The van der Waals surface area contributed by atoms with Gasteiger partial charge in [-0.2, -0.15) is 0 Å². The van der Waals surface area contributed by atoms with Crippen molar-refractivity contribution in [2.75, 3.05) is 17.7 Å². The lowest BCUT2D eigenvalue weighted by molar-refractivity contribution is 0.563. The van der Waals surface area contributed by atoms with Crippen molar-refractivity contribution in [2.24, 2.45) is 0 Å². The standard InChI is InChI=1S/C13H16N2O/c1-10-5-12(14)7-13(6-10)15(2)8-11-3-4-16-9-11/h3-7,9H,8,14H2,1-2H3. The Hall–Kier alpha value is -1.90. The molecule has 2 N–H and O–H groups in total. The van der Waals surface area contributed by atoms with Gasteiger partial charge in [0.15, 0.2) is 0 Å². The van der Waals surface area contributed by atoms with Crippen molar-refractivity contribution >= 4 is 11.4 Å². The van der Waals surface area contributed by atoms with Crippen LogP contribution in [0.2, 0.25) is 0 Å². The van der Waals surface area contributed by atoms with E-state index >= 15 is 0 Å². The van der Waals surface area contributed by atoms with Crippen LogP contribution in [0.3, 0.4) is 0 Å². The third-order valence-electron chi connectivity index (χ3n) is 2.53. The topological polar surface area (TPSA) is 42.4 Å². The van der Waals surface area contributed by atoms with Gasteiger partial charge in [-0.3, -0.25) is 0 Å². The Kier molecular flexibility index (Phi) is 2.86. The van der Waals surface area contributed by atoms with Crippen LogP contribution in [0.15, 0.2) is 41.2 Å². The van der Waals surface area contributed by atoms with E-state index in [4.69, 9.17) is 10.2 Å². The van der Waals surface area contributed by atoms with E-state index in [9.17, 15) is 0 Å². The number of aryl methyl sites for hydroxylation is 1. The van der Waals surface area contributed by atoms with Crippen LogP contribution in [0.25, 0.3) is 0 Å². The number of benzene rings is 1. The zero-order valence-electron chi connectivity index (χ0n) is 9.60. The summed E-state index contributed by atoms with van der Waals surface area (Å²) in [4.78, 5) is 2.15. The Balaban J connectivity index is 2.17. The zero-order chi connectivity index (χ0) is 11.5. The second-order valence-corrected chi connectivity index (χ2v) is 4.09. The number of hydrogen-bond donors (Lipinski definition) is 1. The van der Waals surface area contributed by atoms with Gasteiger partial charge in [-0.1, -0.05) is 0 Å². The molecule has 0 spiro atoms. The van der Waals surface area contributed by atoms with Gasteiger partial charge in [-0.05, 0) is 36.8 Å². The first-order valence-electron chi connectivity index (χ1n) is 5.24. The van der Waals surface area contributed by atoms with Crippen LogP contribution >= 0.6 is 0 Å². The second-order valence-electron chi connectivity index (χ2n) is 4.09. The molecule has 1 heterocycles. The maximum absolute atomic E-state index is 5.83. The first kappa shape index (κ1) is 10.6. The Morgan fingerprint density at radius 1 is 1.31 bits per heavy atom.